The van der Waals surface area contributed by atoms with Crippen LogP contribution < -0.4 is 5.32 Å². The summed E-state index contributed by atoms with van der Waals surface area (Å²) in [4.78, 5) is 22.5. The topological polar surface area (TPSA) is 98.3 Å². The number of nitro benzene ring substituents is 1. The Hall–Kier alpha value is -3.19. The second-order valence-corrected chi connectivity index (χ2v) is 6.06. The van der Waals surface area contributed by atoms with Crippen LogP contribution in [0.25, 0.3) is 11.3 Å². The highest BCUT2D eigenvalue weighted by molar-refractivity contribution is 6.33. The molecule has 1 amide bonds. The number of rotatable bonds is 5. The lowest BCUT2D eigenvalue weighted by Gasteiger charge is -2.05. The molecule has 3 aromatic rings. The monoisotopic (exact) mass is 371 g/mol. The highest BCUT2D eigenvalue weighted by Crippen LogP contribution is 2.23. The third kappa shape index (κ3) is 3.89. The van der Waals surface area contributed by atoms with Gasteiger partial charge in [-0.25, -0.2) is 0 Å². The molecule has 0 unspecified atom stereocenters. The number of carbonyl (C=O) groups excluding carboxylic acids is 1. The van der Waals surface area contributed by atoms with E-state index < -0.39 is 10.8 Å². The van der Waals surface area contributed by atoms with Crippen molar-refractivity contribution < 1.29 is 14.2 Å². The first kappa shape index (κ1) is 17.6. The Balaban J connectivity index is 1.70. The number of aryl methyl sites for hydroxylation is 1. The van der Waals surface area contributed by atoms with E-state index in [-0.39, 0.29) is 22.8 Å². The van der Waals surface area contributed by atoms with Crippen LogP contribution in [0.1, 0.15) is 21.6 Å². The number of carbonyl (C=O) groups is 1. The van der Waals surface area contributed by atoms with Crippen molar-refractivity contribution in [3.05, 3.63) is 80.5 Å². The zero-order valence-corrected chi connectivity index (χ0v) is 14.5. The fraction of sp³-hybridized carbons (Fsp3) is 0.111. The van der Waals surface area contributed by atoms with Gasteiger partial charge in [-0.05, 0) is 13.0 Å². The molecule has 1 N–H and O–H groups in total. The number of nitrogens with one attached hydrogen (secondary N) is 1. The second-order valence-electron chi connectivity index (χ2n) is 5.65. The number of nitro groups is 1. The molecule has 26 heavy (non-hydrogen) atoms. The molecule has 1 aromatic heterocycles. The van der Waals surface area contributed by atoms with E-state index in [4.69, 9.17) is 16.1 Å². The molecule has 0 fully saturated rings. The summed E-state index contributed by atoms with van der Waals surface area (Å²) in [5, 5.41) is 17.5. The molecule has 0 saturated heterocycles. The first-order valence-corrected chi connectivity index (χ1v) is 8.06. The molecule has 2 aromatic carbocycles. The minimum absolute atomic E-state index is 0.0307. The maximum atomic E-state index is 12.3. The maximum absolute atomic E-state index is 12.3. The van der Waals surface area contributed by atoms with Crippen LogP contribution in [-0.4, -0.2) is 16.0 Å². The Labute approximate surface area is 153 Å². The summed E-state index contributed by atoms with van der Waals surface area (Å²) in [5.41, 5.74) is 2.36. The maximum Gasteiger partial charge on any atom is 0.270 e. The van der Waals surface area contributed by atoms with Crippen LogP contribution in [0.3, 0.4) is 0 Å². The van der Waals surface area contributed by atoms with E-state index in [1.54, 1.807) is 6.07 Å². The van der Waals surface area contributed by atoms with Gasteiger partial charge in [0, 0.05) is 23.8 Å². The van der Waals surface area contributed by atoms with Crippen molar-refractivity contribution in [2.24, 2.45) is 0 Å². The molecule has 0 spiro atoms. The summed E-state index contributed by atoms with van der Waals surface area (Å²) in [6.45, 7) is 2.09. The number of halogens is 1. The number of benzene rings is 2. The molecule has 0 bridgehead atoms. The average molecular weight is 372 g/mol. The number of non-ortho nitro benzene ring substituents is 1. The van der Waals surface area contributed by atoms with Crippen LogP contribution in [0.4, 0.5) is 5.69 Å². The first-order chi connectivity index (χ1) is 12.4. The van der Waals surface area contributed by atoms with Crippen LogP contribution in [0.5, 0.6) is 0 Å². The van der Waals surface area contributed by atoms with Gasteiger partial charge in [0.2, 0.25) is 0 Å². The Morgan fingerprint density at radius 2 is 1.96 bits per heavy atom. The Bertz CT molecular complexity index is 967. The van der Waals surface area contributed by atoms with Crippen molar-refractivity contribution in [1.29, 1.82) is 0 Å². The molecule has 0 aliphatic carbocycles. The highest BCUT2D eigenvalue weighted by Gasteiger charge is 2.16. The van der Waals surface area contributed by atoms with Gasteiger partial charge in [-0.15, -0.1) is 0 Å². The normalized spacial score (nSPS) is 10.5. The third-order valence-electron chi connectivity index (χ3n) is 3.73. The predicted octanol–water partition coefficient (Wildman–Crippen LogP) is 4.14. The molecular weight excluding hydrogens is 358 g/mol. The van der Waals surface area contributed by atoms with Crippen molar-refractivity contribution in [3.63, 3.8) is 0 Å². The van der Waals surface area contributed by atoms with Gasteiger partial charge in [-0.1, -0.05) is 46.6 Å². The summed E-state index contributed by atoms with van der Waals surface area (Å²) >= 11 is 5.96. The van der Waals surface area contributed by atoms with Crippen LogP contribution in [0.2, 0.25) is 5.02 Å². The third-order valence-corrected chi connectivity index (χ3v) is 4.06. The van der Waals surface area contributed by atoms with E-state index in [1.807, 2.05) is 31.2 Å². The van der Waals surface area contributed by atoms with Crippen molar-refractivity contribution in [1.82, 2.24) is 10.5 Å². The SMILES string of the molecule is Cc1ccc(-c2cc(CNC(=O)c3cc([N+](=O)[O-])ccc3Cl)no2)cc1. The number of nitrogens with zero attached hydrogens (tertiary/aromatic N) is 2. The summed E-state index contributed by atoms with van der Waals surface area (Å²) in [5.74, 6) is 0.0567. The largest absolute Gasteiger partial charge is 0.356 e. The minimum Gasteiger partial charge on any atom is -0.356 e. The summed E-state index contributed by atoms with van der Waals surface area (Å²) in [6.07, 6.45) is 0. The summed E-state index contributed by atoms with van der Waals surface area (Å²) < 4.78 is 5.29. The molecule has 3 rings (SSSR count). The molecular formula is C18H14ClN3O4. The molecule has 0 atom stereocenters. The molecule has 0 aliphatic rings. The number of hydrogen-bond donors (Lipinski definition) is 1. The molecule has 132 valence electrons. The standard InChI is InChI=1S/C18H14ClN3O4/c1-11-2-4-12(5-3-11)17-8-13(21-26-17)10-20-18(23)15-9-14(22(24)25)6-7-16(15)19/h2-9H,10H2,1H3,(H,20,23). The van der Waals surface area contributed by atoms with Crippen LogP contribution in [0.15, 0.2) is 53.1 Å². The van der Waals surface area contributed by atoms with Gasteiger partial charge in [0.15, 0.2) is 5.76 Å². The lowest BCUT2D eigenvalue weighted by atomic mass is 10.1. The fourth-order valence-electron chi connectivity index (χ4n) is 2.32. The van der Waals surface area contributed by atoms with E-state index in [9.17, 15) is 14.9 Å². The quantitative estimate of drug-likeness (QED) is 0.536. The van der Waals surface area contributed by atoms with Crippen molar-refractivity contribution in [3.8, 4) is 11.3 Å². The predicted molar refractivity (Wildman–Crippen MR) is 96.0 cm³/mol. The van der Waals surface area contributed by atoms with Crippen molar-refractivity contribution >= 4 is 23.2 Å². The number of hydrogen-bond acceptors (Lipinski definition) is 5. The van der Waals surface area contributed by atoms with Crippen molar-refractivity contribution in [2.45, 2.75) is 13.5 Å². The zero-order chi connectivity index (χ0) is 18.7. The van der Waals surface area contributed by atoms with Gasteiger partial charge >= 0.3 is 0 Å². The minimum atomic E-state index is -0.585. The van der Waals surface area contributed by atoms with Crippen LogP contribution in [0, 0.1) is 17.0 Å². The first-order valence-electron chi connectivity index (χ1n) is 7.69. The Morgan fingerprint density at radius 1 is 1.23 bits per heavy atom. The van der Waals surface area contributed by atoms with E-state index in [0.717, 1.165) is 17.2 Å². The molecule has 7 nitrogen and oxygen atoms in total. The number of aromatic nitrogens is 1. The summed E-state index contributed by atoms with van der Waals surface area (Å²) in [7, 11) is 0. The lowest BCUT2D eigenvalue weighted by molar-refractivity contribution is -0.384. The number of amides is 1. The zero-order valence-electron chi connectivity index (χ0n) is 13.7. The van der Waals surface area contributed by atoms with Gasteiger partial charge in [0.1, 0.15) is 5.69 Å². The fourth-order valence-corrected chi connectivity index (χ4v) is 2.52. The van der Waals surface area contributed by atoms with E-state index >= 15 is 0 Å². The molecule has 0 aliphatic heterocycles. The van der Waals surface area contributed by atoms with E-state index in [1.165, 1.54) is 12.1 Å². The van der Waals surface area contributed by atoms with Gasteiger partial charge in [0.25, 0.3) is 11.6 Å². The van der Waals surface area contributed by atoms with Gasteiger partial charge in [-0.2, -0.15) is 0 Å². The highest BCUT2D eigenvalue weighted by atomic mass is 35.5. The van der Waals surface area contributed by atoms with E-state index in [2.05, 4.69) is 10.5 Å². The summed E-state index contributed by atoms with van der Waals surface area (Å²) in [6, 6.07) is 13.2. The molecule has 0 radical (unpaired) electrons. The van der Waals surface area contributed by atoms with Gasteiger partial charge in [0.05, 0.1) is 22.1 Å². The van der Waals surface area contributed by atoms with Gasteiger partial charge in [-0.3, -0.25) is 14.9 Å². The molecule has 8 heteroatoms. The average Bonchev–Trinajstić information content (AvgIpc) is 3.09. The smallest absolute Gasteiger partial charge is 0.270 e. The molecule has 0 saturated carbocycles. The molecule has 1 heterocycles. The lowest BCUT2D eigenvalue weighted by Crippen LogP contribution is -2.23. The van der Waals surface area contributed by atoms with Crippen molar-refractivity contribution in [2.75, 3.05) is 0 Å². The van der Waals surface area contributed by atoms with E-state index in [0.29, 0.717) is 11.5 Å². The second kappa shape index (κ2) is 7.37. The van der Waals surface area contributed by atoms with Gasteiger partial charge < -0.3 is 9.84 Å². The van der Waals surface area contributed by atoms with Crippen LogP contribution >= 0.6 is 11.6 Å². The van der Waals surface area contributed by atoms with Crippen LogP contribution in [-0.2, 0) is 6.54 Å². The Kier molecular flexibility index (Phi) is 4.99. The Morgan fingerprint density at radius 3 is 2.65 bits per heavy atom.